The Morgan fingerprint density at radius 3 is 2.70 bits per heavy atom. The fraction of sp³-hybridized carbons (Fsp3) is 0.706. The second kappa shape index (κ2) is 5.16. The molecule has 6 heteroatoms. The molecule has 0 aromatic carbocycles. The monoisotopic (exact) mass is 312 g/mol. The first-order valence-electron chi connectivity index (χ1n) is 8.94. The maximum atomic E-state index is 4.45. The zero-order chi connectivity index (χ0) is 15.4. The number of rotatable bonds is 2. The summed E-state index contributed by atoms with van der Waals surface area (Å²) in [7, 11) is 0. The summed E-state index contributed by atoms with van der Waals surface area (Å²) >= 11 is 0. The van der Waals surface area contributed by atoms with Gasteiger partial charge in [-0.25, -0.2) is 4.98 Å². The van der Waals surface area contributed by atoms with Gasteiger partial charge >= 0.3 is 0 Å². The second-order valence-corrected chi connectivity index (χ2v) is 7.49. The van der Waals surface area contributed by atoms with Crippen LogP contribution < -0.4 is 4.90 Å². The number of hydrogen-bond acceptors (Lipinski definition) is 5. The summed E-state index contributed by atoms with van der Waals surface area (Å²) in [5.41, 5.74) is 1.01. The quantitative estimate of drug-likeness (QED) is 0.845. The van der Waals surface area contributed by atoms with Gasteiger partial charge in [-0.2, -0.15) is 14.6 Å². The molecule has 23 heavy (non-hydrogen) atoms. The van der Waals surface area contributed by atoms with E-state index in [1.165, 1.54) is 38.8 Å². The molecule has 2 aromatic heterocycles. The summed E-state index contributed by atoms with van der Waals surface area (Å²) in [6.45, 7) is 6.53. The van der Waals surface area contributed by atoms with Gasteiger partial charge in [-0.05, 0) is 38.0 Å². The van der Waals surface area contributed by atoms with Crippen LogP contribution in [0.1, 0.15) is 31.4 Å². The van der Waals surface area contributed by atoms with Crippen molar-refractivity contribution in [3.05, 3.63) is 18.1 Å². The van der Waals surface area contributed by atoms with Crippen LogP contribution in [0.15, 0.2) is 12.4 Å². The molecular formula is C17H24N6. The molecule has 0 amide bonds. The van der Waals surface area contributed by atoms with Crippen LogP contribution in [0.4, 0.5) is 5.82 Å². The molecule has 2 aliphatic carbocycles. The Balaban J connectivity index is 1.33. The Morgan fingerprint density at radius 1 is 1.09 bits per heavy atom. The molecule has 5 rings (SSSR count). The molecule has 3 atom stereocenters. The van der Waals surface area contributed by atoms with Gasteiger partial charge < -0.3 is 4.90 Å². The zero-order valence-electron chi connectivity index (χ0n) is 13.7. The molecule has 2 saturated carbocycles. The zero-order valence-corrected chi connectivity index (χ0v) is 13.7. The van der Waals surface area contributed by atoms with Crippen LogP contribution >= 0.6 is 0 Å². The minimum absolute atomic E-state index is 0.704. The first kappa shape index (κ1) is 13.7. The van der Waals surface area contributed by atoms with Crippen molar-refractivity contribution in [2.75, 3.05) is 31.1 Å². The molecule has 0 N–H and O–H groups in total. The molecule has 1 saturated heterocycles. The summed E-state index contributed by atoms with van der Waals surface area (Å²) in [5.74, 6) is 3.85. The van der Waals surface area contributed by atoms with E-state index < -0.39 is 0 Å². The van der Waals surface area contributed by atoms with E-state index in [9.17, 15) is 0 Å². The first-order valence-corrected chi connectivity index (χ1v) is 8.94. The molecule has 3 unspecified atom stereocenters. The van der Waals surface area contributed by atoms with E-state index in [1.807, 2.05) is 11.4 Å². The fourth-order valence-corrected chi connectivity index (χ4v) is 5.08. The maximum Gasteiger partial charge on any atom is 0.254 e. The molecule has 3 fully saturated rings. The van der Waals surface area contributed by atoms with E-state index in [0.29, 0.717) is 5.78 Å². The fourth-order valence-electron chi connectivity index (χ4n) is 5.08. The number of aryl methyl sites for hydroxylation is 1. The minimum atomic E-state index is 0.704. The van der Waals surface area contributed by atoms with Crippen LogP contribution in [-0.4, -0.2) is 56.7 Å². The summed E-state index contributed by atoms with van der Waals surface area (Å²) in [6, 6.07) is 3.00. The third kappa shape index (κ3) is 2.23. The molecule has 0 spiro atoms. The number of anilines is 1. The minimum Gasteiger partial charge on any atom is -0.354 e. The van der Waals surface area contributed by atoms with Gasteiger partial charge in [0.25, 0.3) is 5.78 Å². The summed E-state index contributed by atoms with van der Waals surface area (Å²) in [5, 5.41) is 4.35. The van der Waals surface area contributed by atoms with Crippen LogP contribution in [0.25, 0.3) is 5.78 Å². The molecule has 1 aliphatic heterocycles. The molecule has 0 radical (unpaired) electrons. The predicted octanol–water partition coefficient (Wildman–Crippen LogP) is 1.74. The Morgan fingerprint density at radius 2 is 1.96 bits per heavy atom. The average molecular weight is 312 g/mol. The third-order valence-electron chi connectivity index (χ3n) is 6.17. The highest BCUT2D eigenvalue weighted by Crippen LogP contribution is 2.46. The molecule has 122 valence electrons. The van der Waals surface area contributed by atoms with Gasteiger partial charge in [-0.3, -0.25) is 4.90 Å². The highest BCUT2D eigenvalue weighted by molar-refractivity contribution is 5.47. The van der Waals surface area contributed by atoms with Crippen molar-refractivity contribution in [2.45, 2.75) is 38.6 Å². The lowest BCUT2D eigenvalue weighted by Crippen LogP contribution is -2.52. The van der Waals surface area contributed by atoms with E-state index >= 15 is 0 Å². The van der Waals surface area contributed by atoms with Gasteiger partial charge in [0.05, 0.1) is 0 Å². The van der Waals surface area contributed by atoms with Crippen LogP contribution in [0.5, 0.6) is 0 Å². The third-order valence-corrected chi connectivity index (χ3v) is 6.17. The van der Waals surface area contributed by atoms with E-state index in [4.69, 9.17) is 0 Å². The predicted molar refractivity (Wildman–Crippen MR) is 88.5 cm³/mol. The Labute approximate surface area is 136 Å². The van der Waals surface area contributed by atoms with Crippen molar-refractivity contribution in [2.24, 2.45) is 11.8 Å². The number of fused-ring (bicyclic) bond motifs is 3. The van der Waals surface area contributed by atoms with Crippen molar-refractivity contribution in [3.8, 4) is 0 Å². The highest BCUT2D eigenvalue weighted by atomic mass is 15.4. The molecule has 3 heterocycles. The van der Waals surface area contributed by atoms with Crippen molar-refractivity contribution in [1.82, 2.24) is 24.5 Å². The Bertz CT molecular complexity index is 717. The van der Waals surface area contributed by atoms with Crippen LogP contribution in [0.3, 0.4) is 0 Å². The van der Waals surface area contributed by atoms with Gasteiger partial charge in [0.2, 0.25) is 0 Å². The van der Waals surface area contributed by atoms with Crippen LogP contribution in [0.2, 0.25) is 0 Å². The van der Waals surface area contributed by atoms with Crippen molar-refractivity contribution in [3.63, 3.8) is 0 Å². The van der Waals surface area contributed by atoms with Gasteiger partial charge in [-0.1, -0.05) is 6.42 Å². The summed E-state index contributed by atoms with van der Waals surface area (Å²) in [6.07, 6.45) is 7.50. The standard InChI is InChI=1S/C17H24N6/c1-12-8-16(23-17(20-12)18-11-19-23)22-6-4-21(5-7-22)15-10-13-2-3-14(15)9-13/h8,11,13-15H,2-7,9-10H2,1H3. The lowest BCUT2D eigenvalue weighted by atomic mass is 9.93. The Hall–Kier alpha value is -1.69. The van der Waals surface area contributed by atoms with Crippen molar-refractivity contribution < 1.29 is 0 Å². The molecule has 2 bridgehead atoms. The van der Waals surface area contributed by atoms with E-state index in [0.717, 1.165) is 42.5 Å². The smallest absolute Gasteiger partial charge is 0.254 e. The molecular weight excluding hydrogens is 288 g/mol. The van der Waals surface area contributed by atoms with E-state index in [2.05, 4.69) is 30.9 Å². The normalized spacial score (nSPS) is 31.3. The van der Waals surface area contributed by atoms with Crippen molar-refractivity contribution in [1.29, 1.82) is 0 Å². The summed E-state index contributed by atoms with van der Waals surface area (Å²) < 4.78 is 1.88. The van der Waals surface area contributed by atoms with Gasteiger partial charge in [0.15, 0.2) is 0 Å². The summed E-state index contributed by atoms with van der Waals surface area (Å²) in [4.78, 5) is 13.9. The SMILES string of the molecule is Cc1cc(N2CCN(C3CC4CCC3C4)CC2)n2ncnc2n1. The number of aromatic nitrogens is 4. The average Bonchev–Trinajstić information content (AvgIpc) is 3.30. The topological polar surface area (TPSA) is 49.6 Å². The maximum absolute atomic E-state index is 4.45. The highest BCUT2D eigenvalue weighted by Gasteiger charge is 2.42. The number of piperazine rings is 1. The number of nitrogens with zero attached hydrogens (tertiary/aromatic N) is 6. The molecule has 2 aromatic rings. The second-order valence-electron chi connectivity index (χ2n) is 7.49. The largest absolute Gasteiger partial charge is 0.354 e. The molecule has 6 nitrogen and oxygen atoms in total. The van der Waals surface area contributed by atoms with E-state index in [1.54, 1.807) is 6.33 Å². The number of hydrogen-bond donors (Lipinski definition) is 0. The van der Waals surface area contributed by atoms with Gasteiger partial charge in [0, 0.05) is 44.0 Å². The van der Waals surface area contributed by atoms with E-state index in [-0.39, 0.29) is 0 Å². The molecule has 3 aliphatic rings. The van der Waals surface area contributed by atoms with Gasteiger partial charge in [0.1, 0.15) is 12.1 Å². The van der Waals surface area contributed by atoms with Crippen LogP contribution in [0, 0.1) is 18.8 Å². The Kier molecular flexibility index (Phi) is 3.08. The lowest BCUT2D eigenvalue weighted by molar-refractivity contribution is 0.134. The lowest BCUT2D eigenvalue weighted by Gasteiger charge is -2.41. The van der Waals surface area contributed by atoms with Crippen molar-refractivity contribution >= 4 is 11.6 Å². The first-order chi connectivity index (χ1) is 11.3. The van der Waals surface area contributed by atoms with Gasteiger partial charge in [-0.15, -0.1) is 0 Å². The van der Waals surface area contributed by atoms with Crippen LogP contribution in [-0.2, 0) is 0 Å².